The highest BCUT2D eigenvalue weighted by Gasteiger charge is 2.43. The van der Waals surface area contributed by atoms with E-state index < -0.39 is 0 Å². The van der Waals surface area contributed by atoms with Crippen molar-refractivity contribution in [2.75, 3.05) is 6.54 Å². The summed E-state index contributed by atoms with van der Waals surface area (Å²) in [6.45, 7) is 8.50. The second-order valence-corrected chi connectivity index (χ2v) is 6.66. The van der Waals surface area contributed by atoms with Crippen molar-refractivity contribution < 1.29 is 0 Å². The lowest BCUT2D eigenvalue weighted by Crippen LogP contribution is -2.46. The van der Waals surface area contributed by atoms with E-state index in [0.29, 0.717) is 5.41 Å². The molecule has 0 bridgehead atoms. The molecule has 2 atom stereocenters. The van der Waals surface area contributed by atoms with E-state index >= 15 is 0 Å². The monoisotopic (exact) mass is 223 g/mol. The van der Waals surface area contributed by atoms with Gasteiger partial charge in [0.1, 0.15) is 0 Å². The van der Waals surface area contributed by atoms with E-state index in [-0.39, 0.29) is 0 Å². The smallest absolute Gasteiger partial charge is 0.0129 e. The van der Waals surface area contributed by atoms with Crippen LogP contribution in [0.4, 0.5) is 0 Å². The van der Waals surface area contributed by atoms with Crippen molar-refractivity contribution >= 4 is 0 Å². The molecule has 2 unspecified atom stereocenters. The normalized spacial score (nSPS) is 31.3. The van der Waals surface area contributed by atoms with Gasteiger partial charge < -0.3 is 5.32 Å². The number of nitrogens with one attached hydrogen (secondary N) is 1. The molecule has 1 N–H and O–H groups in total. The minimum Gasteiger partial charge on any atom is -0.313 e. The van der Waals surface area contributed by atoms with Gasteiger partial charge in [-0.3, -0.25) is 0 Å². The Kier molecular flexibility index (Phi) is 3.94. The average Bonchev–Trinajstić information content (AvgIpc) is 3.04. The standard InChI is InChI=1S/C15H29N/c1-4-11-16-14(12-8-9-12)13-7-5-6-10-15(13,2)3/h12-14,16H,4-11H2,1-3H3. The summed E-state index contributed by atoms with van der Waals surface area (Å²) in [7, 11) is 0. The van der Waals surface area contributed by atoms with Crippen LogP contribution in [0.3, 0.4) is 0 Å². The largest absolute Gasteiger partial charge is 0.313 e. The maximum Gasteiger partial charge on any atom is 0.0129 e. The van der Waals surface area contributed by atoms with Crippen molar-refractivity contribution in [1.82, 2.24) is 5.32 Å². The van der Waals surface area contributed by atoms with Crippen LogP contribution < -0.4 is 5.32 Å². The molecule has 0 radical (unpaired) electrons. The highest BCUT2D eigenvalue weighted by molar-refractivity contribution is 4.97. The topological polar surface area (TPSA) is 12.0 Å². The second-order valence-electron chi connectivity index (χ2n) is 6.66. The van der Waals surface area contributed by atoms with Crippen molar-refractivity contribution in [3.63, 3.8) is 0 Å². The Morgan fingerprint density at radius 2 is 1.94 bits per heavy atom. The summed E-state index contributed by atoms with van der Waals surface area (Å²) in [5.41, 5.74) is 0.576. The Morgan fingerprint density at radius 1 is 1.19 bits per heavy atom. The fraction of sp³-hybridized carbons (Fsp3) is 1.00. The van der Waals surface area contributed by atoms with Gasteiger partial charge in [-0.15, -0.1) is 0 Å². The summed E-state index contributed by atoms with van der Waals surface area (Å²) >= 11 is 0. The minimum absolute atomic E-state index is 0.576. The van der Waals surface area contributed by atoms with E-state index in [9.17, 15) is 0 Å². The number of hydrogen-bond donors (Lipinski definition) is 1. The summed E-state index contributed by atoms with van der Waals surface area (Å²) in [6, 6.07) is 0.829. The molecule has 0 heterocycles. The van der Waals surface area contributed by atoms with Gasteiger partial charge in [-0.25, -0.2) is 0 Å². The molecule has 1 heteroatoms. The molecule has 0 aromatic carbocycles. The highest BCUT2D eigenvalue weighted by Crippen LogP contribution is 2.48. The third-order valence-corrected chi connectivity index (χ3v) is 4.78. The van der Waals surface area contributed by atoms with Crippen molar-refractivity contribution in [1.29, 1.82) is 0 Å². The molecule has 0 amide bonds. The van der Waals surface area contributed by atoms with E-state index in [2.05, 4.69) is 26.1 Å². The molecule has 2 rings (SSSR count). The molecule has 0 aliphatic heterocycles. The summed E-state index contributed by atoms with van der Waals surface area (Å²) in [6.07, 6.45) is 10.1. The lowest BCUT2D eigenvalue weighted by Gasteiger charge is -2.44. The quantitative estimate of drug-likeness (QED) is 0.743. The fourth-order valence-electron chi connectivity index (χ4n) is 3.59. The van der Waals surface area contributed by atoms with Crippen molar-refractivity contribution in [3.05, 3.63) is 0 Å². The minimum atomic E-state index is 0.576. The van der Waals surface area contributed by atoms with Gasteiger partial charge in [0.25, 0.3) is 0 Å². The molecule has 0 saturated heterocycles. The fourth-order valence-corrected chi connectivity index (χ4v) is 3.59. The zero-order valence-electron chi connectivity index (χ0n) is 11.4. The zero-order valence-corrected chi connectivity index (χ0v) is 11.4. The Balaban J connectivity index is 1.99. The van der Waals surface area contributed by atoms with E-state index in [1.807, 2.05) is 0 Å². The Bertz CT molecular complexity index is 217. The molecule has 0 spiro atoms. The SMILES string of the molecule is CCCNC(C1CC1)C1CCCCC1(C)C. The summed E-state index contributed by atoms with van der Waals surface area (Å²) in [4.78, 5) is 0. The van der Waals surface area contributed by atoms with Gasteiger partial charge in [-0.1, -0.05) is 33.6 Å². The lowest BCUT2D eigenvalue weighted by atomic mass is 9.65. The first-order valence-corrected chi connectivity index (χ1v) is 7.38. The molecule has 0 aromatic rings. The van der Waals surface area contributed by atoms with Crippen LogP contribution in [-0.2, 0) is 0 Å². The van der Waals surface area contributed by atoms with E-state index in [4.69, 9.17) is 0 Å². The summed E-state index contributed by atoms with van der Waals surface area (Å²) in [5, 5.41) is 3.86. The molecule has 2 fully saturated rings. The average molecular weight is 223 g/mol. The van der Waals surface area contributed by atoms with Crippen LogP contribution in [0.5, 0.6) is 0 Å². The molecule has 94 valence electrons. The van der Waals surface area contributed by atoms with Gasteiger partial charge >= 0.3 is 0 Å². The van der Waals surface area contributed by atoms with Crippen LogP contribution in [0.25, 0.3) is 0 Å². The van der Waals surface area contributed by atoms with Crippen molar-refractivity contribution in [2.24, 2.45) is 17.3 Å². The number of hydrogen-bond acceptors (Lipinski definition) is 1. The predicted octanol–water partition coefficient (Wildman–Crippen LogP) is 3.98. The van der Waals surface area contributed by atoms with Gasteiger partial charge in [-0.05, 0) is 55.9 Å². The third-order valence-electron chi connectivity index (χ3n) is 4.78. The van der Waals surface area contributed by atoms with Gasteiger partial charge in [0.05, 0.1) is 0 Å². The zero-order chi connectivity index (χ0) is 11.6. The van der Waals surface area contributed by atoms with Crippen molar-refractivity contribution in [2.45, 2.75) is 71.8 Å². The van der Waals surface area contributed by atoms with Crippen LogP contribution in [0, 0.1) is 17.3 Å². The first kappa shape index (κ1) is 12.4. The molecule has 2 saturated carbocycles. The Hall–Kier alpha value is -0.0400. The molecule has 0 aromatic heterocycles. The molecule has 16 heavy (non-hydrogen) atoms. The maximum atomic E-state index is 3.86. The van der Waals surface area contributed by atoms with Gasteiger partial charge in [0.2, 0.25) is 0 Å². The van der Waals surface area contributed by atoms with Crippen LogP contribution in [-0.4, -0.2) is 12.6 Å². The third kappa shape index (κ3) is 2.80. The Labute approximate surface area is 101 Å². The van der Waals surface area contributed by atoms with Gasteiger partial charge in [0, 0.05) is 6.04 Å². The molecule has 2 aliphatic carbocycles. The first-order valence-electron chi connectivity index (χ1n) is 7.38. The van der Waals surface area contributed by atoms with E-state index in [0.717, 1.165) is 17.9 Å². The van der Waals surface area contributed by atoms with E-state index in [1.54, 1.807) is 0 Å². The first-order chi connectivity index (χ1) is 7.65. The molecular weight excluding hydrogens is 194 g/mol. The highest BCUT2D eigenvalue weighted by atomic mass is 14.9. The van der Waals surface area contributed by atoms with Crippen LogP contribution >= 0.6 is 0 Å². The van der Waals surface area contributed by atoms with Crippen LogP contribution in [0.1, 0.15) is 65.7 Å². The van der Waals surface area contributed by atoms with Crippen molar-refractivity contribution in [3.8, 4) is 0 Å². The molecule has 1 nitrogen and oxygen atoms in total. The van der Waals surface area contributed by atoms with Gasteiger partial charge in [0.15, 0.2) is 0 Å². The molecule has 2 aliphatic rings. The summed E-state index contributed by atoms with van der Waals surface area (Å²) < 4.78 is 0. The molecular formula is C15H29N. The second kappa shape index (κ2) is 5.08. The van der Waals surface area contributed by atoms with Crippen LogP contribution in [0.2, 0.25) is 0 Å². The predicted molar refractivity (Wildman–Crippen MR) is 70.5 cm³/mol. The Morgan fingerprint density at radius 3 is 2.50 bits per heavy atom. The van der Waals surface area contributed by atoms with Crippen LogP contribution in [0.15, 0.2) is 0 Å². The van der Waals surface area contributed by atoms with Gasteiger partial charge in [-0.2, -0.15) is 0 Å². The maximum absolute atomic E-state index is 3.86. The lowest BCUT2D eigenvalue weighted by molar-refractivity contribution is 0.0896. The van der Waals surface area contributed by atoms with E-state index in [1.165, 1.54) is 51.5 Å². The number of rotatable bonds is 5. The summed E-state index contributed by atoms with van der Waals surface area (Å²) in [5.74, 6) is 1.94.